The molecule has 1 aromatic heterocycles. The second-order valence-corrected chi connectivity index (χ2v) is 10.5. The third-order valence-corrected chi connectivity index (χ3v) is 8.58. The van der Waals surface area contributed by atoms with Gasteiger partial charge < -0.3 is 15.5 Å². The molecule has 2 aliphatic carbocycles. The number of hydrogen-bond donors (Lipinski definition) is 3. The summed E-state index contributed by atoms with van der Waals surface area (Å²) in [6.07, 6.45) is 11.6. The van der Waals surface area contributed by atoms with Gasteiger partial charge in [-0.25, -0.2) is 0 Å². The van der Waals surface area contributed by atoms with Gasteiger partial charge in [0, 0.05) is 23.2 Å². The molecule has 2 aromatic rings. The minimum Gasteiger partial charge on any atom is -0.506 e. The first kappa shape index (κ1) is 22.8. The Balaban J connectivity index is 1.47. The van der Waals surface area contributed by atoms with E-state index in [1.807, 2.05) is 18.2 Å². The normalized spacial score (nSPS) is 27.6. The fourth-order valence-corrected chi connectivity index (χ4v) is 6.68. The quantitative estimate of drug-likeness (QED) is 0.338. The van der Waals surface area contributed by atoms with Gasteiger partial charge in [0.15, 0.2) is 0 Å². The molecule has 0 radical (unpaired) electrons. The zero-order chi connectivity index (χ0) is 22.7. The summed E-state index contributed by atoms with van der Waals surface area (Å²) in [5.41, 5.74) is 0.638. The zero-order valence-corrected chi connectivity index (χ0v) is 19.4. The molecule has 6 heteroatoms. The third-order valence-electron chi connectivity index (χ3n) is 7.56. The van der Waals surface area contributed by atoms with Crippen molar-refractivity contribution >= 4 is 33.3 Å². The topological polar surface area (TPSA) is 86.6 Å². The standard InChI is InChI=1S/C26H33NO4S/c1-16-11-12-17-13-18(16)14-22(19(17)7-4-2-3-5-10-24(29)30)27-26(31)21-9-6-8-20-23(28)15-32-25(20)21/h2,4,6,8-9,15-19,22,28H,3,5,7,10-14H2,1H3,(H,27,31)(H,29,30)/b4-2+/t16?,17-,18+,19-,22+/m0/s1. The summed E-state index contributed by atoms with van der Waals surface area (Å²) in [7, 11) is 0. The summed E-state index contributed by atoms with van der Waals surface area (Å²) in [5, 5.41) is 24.6. The van der Waals surface area contributed by atoms with E-state index < -0.39 is 5.97 Å². The molecule has 2 aliphatic rings. The summed E-state index contributed by atoms with van der Waals surface area (Å²) in [6.45, 7) is 2.34. The second kappa shape index (κ2) is 10.1. The molecule has 2 saturated carbocycles. The van der Waals surface area contributed by atoms with Gasteiger partial charge in [0.25, 0.3) is 5.91 Å². The predicted octanol–water partition coefficient (Wildman–Crippen LogP) is 5.98. The lowest BCUT2D eigenvalue weighted by Gasteiger charge is -2.48. The number of nitrogens with one attached hydrogen (secondary N) is 1. The molecule has 0 aliphatic heterocycles. The van der Waals surface area contributed by atoms with Gasteiger partial charge in [0.2, 0.25) is 0 Å². The van der Waals surface area contributed by atoms with Crippen LogP contribution in [-0.4, -0.2) is 28.1 Å². The van der Waals surface area contributed by atoms with E-state index in [0.29, 0.717) is 35.7 Å². The molecule has 0 saturated heterocycles. The first-order valence-corrected chi connectivity index (χ1v) is 12.7. The zero-order valence-electron chi connectivity index (χ0n) is 18.6. The molecular weight excluding hydrogens is 422 g/mol. The van der Waals surface area contributed by atoms with Crippen LogP contribution in [-0.2, 0) is 4.79 Å². The molecule has 3 N–H and O–H groups in total. The van der Waals surface area contributed by atoms with Gasteiger partial charge in [0.1, 0.15) is 5.75 Å². The first-order chi connectivity index (χ1) is 15.4. The summed E-state index contributed by atoms with van der Waals surface area (Å²) in [4.78, 5) is 24.0. The number of carbonyl (C=O) groups is 2. The second-order valence-electron chi connectivity index (χ2n) is 9.59. The van der Waals surface area contributed by atoms with Crippen LogP contribution in [0.4, 0.5) is 0 Å². The van der Waals surface area contributed by atoms with Gasteiger partial charge in [-0.3, -0.25) is 9.59 Å². The van der Waals surface area contributed by atoms with Gasteiger partial charge in [-0.15, -0.1) is 11.3 Å². The average Bonchev–Trinajstić information content (AvgIpc) is 3.15. The molecule has 2 fully saturated rings. The van der Waals surface area contributed by atoms with E-state index in [9.17, 15) is 14.7 Å². The maximum Gasteiger partial charge on any atom is 0.303 e. The van der Waals surface area contributed by atoms with Crippen LogP contribution < -0.4 is 5.32 Å². The number of carboxylic acids is 1. The summed E-state index contributed by atoms with van der Waals surface area (Å²) in [6, 6.07) is 5.67. The largest absolute Gasteiger partial charge is 0.506 e. The van der Waals surface area contributed by atoms with Crippen LogP contribution in [0.1, 0.15) is 68.6 Å². The van der Waals surface area contributed by atoms with Crippen molar-refractivity contribution in [3.8, 4) is 5.75 Å². The summed E-state index contributed by atoms with van der Waals surface area (Å²) in [5.74, 6) is 1.84. The Morgan fingerprint density at radius 1 is 1.19 bits per heavy atom. The Morgan fingerprint density at radius 2 is 2.03 bits per heavy atom. The molecule has 2 bridgehead atoms. The van der Waals surface area contributed by atoms with Crippen molar-refractivity contribution in [1.29, 1.82) is 0 Å². The lowest BCUT2D eigenvalue weighted by atomic mass is 9.60. The van der Waals surface area contributed by atoms with Crippen molar-refractivity contribution in [3.05, 3.63) is 41.3 Å². The average molecular weight is 456 g/mol. The molecule has 1 unspecified atom stereocenters. The lowest BCUT2D eigenvalue weighted by molar-refractivity contribution is -0.137. The minimum atomic E-state index is -0.745. The number of thiophene rings is 1. The number of carbonyl (C=O) groups excluding carboxylic acids is 1. The van der Waals surface area contributed by atoms with Crippen LogP contribution in [0.3, 0.4) is 0 Å². The number of allylic oxidation sites excluding steroid dienone is 2. The van der Waals surface area contributed by atoms with Crippen molar-refractivity contribution in [2.75, 3.05) is 0 Å². The minimum absolute atomic E-state index is 0.0504. The Morgan fingerprint density at radius 3 is 2.84 bits per heavy atom. The monoisotopic (exact) mass is 455 g/mol. The van der Waals surface area contributed by atoms with E-state index in [0.717, 1.165) is 29.3 Å². The van der Waals surface area contributed by atoms with Gasteiger partial charge in [-0.05, 0) is 74.3 Å². The Labute approximate surface area is 193 Å². The Hall–Kier alpha value is -2.34. The number of rotatable bonds is 8. The van der Waals surface area contributed by atoms with Crippen LogP contribution in [0.2, 0.25) is 0 Å². The van der Waals surface area contributed by atoms with Gasteiger partial charge in [-0.1, -0.05) is 31.6 Å². The van der Waals surface area contributed by atoms with Crippen LogP contribution in [0.15, 0.2) is 35.7 Å². The van der Waals surface area contributed by atoms with Gasteiger partial charge in [-0.2, -0.15) is 0 Å². The van der Waals surface area contributed by atoms with E-state index >= 15 is 0 Å². The number of aromatic hydroxyl groups is 1. The molecule has 172 valence electrons. The van der Waals surface area contributed by atoms with Crippen molar-refractivity contribution in [2.45, 2.75) is 64.3 Å². The van der Waals surface area contributed by atoms with Crippen molar-refractivity contribution in [2.24, 2.45) is 23.7 Å². The smallest absolute Gasteiger partial charge is 0.303 e. The van der Waals surface area contributed by atoms with Crippen molar-refractivity contribution in [1.82, 2.24) is 5.32 Å². The predicted molar refractivity (Wildman–Crippen MR) is 128 cm³/mol. The van der Waals surface area contributed by atoms with E-state index in [4.69, 9.17) is 5.11 Å². The highest BCUT2D eigenvalue weighted by molar-refractivity contribution is 7.18. The number of amides is 1. The Kier molecular flexibility index (Phi) is 7.19. The van der Waals surface area contributed by atoms with E-state index in [1.165, 1.54) is 30.6 Å². The molecule has 1 heterocycles. The van der Waals surface area contributed by atoms with Gasteiger partial charge in [0.05, 0.1) is 10.3 Å². The molecule has 0 spiro atoms. The number of carboxylic acid groups (broad SMARTS) is 1. The number of unbranched alkanes of at least 4 members (excludes halogenated alkanes) is 1. The molecule has 5 nitrogen and oxygen atoms in total. The number of fused-ring (bicyclic) bond motifs is 3. The summed E-state index contributed by atoms with van der Waals surface area (Å²) < 4.78 is 0.835. The molecule has 32 heavy (non-hydrogen) atoms. The third kappa shape index (κ3) is 5.01. The number of hydrogen-bond acceptors (Lipinski definition) is 4. The first-order valence-electron chi connectivity index (χ1n) is 11.8. The van der Waals surface area contributed by atoms with Crippen LogP contribution in [0, 0.1) is 23.7 Å². The lowest BCUT2D eigenvalue weighted by Crippen LogP contribution is -2.50. The van der Waals surface area contributed by atoms with Crippen LogP contribution in [0.25, 0.3) is 10.1 Å². The highest BCUT2D eigenvalue weighted by Crippen LogP contribution is 2.47. The molecule has 4 rings (SSSR count). The molecule has 1 amide bonds. The molecule has 5 atom stereocenters. The molecular formula is C26H33NO4S. The van der Waals surface area contributed by atoms with E-state index in [-0.39, 0.29) is 24.1 Å². The van der Waals surface area contributed by atoms with Crippen molar-refractivity contribution in [3.63, 3.8) is 0 Å². The maximum absolute atomic E-state index is 13.3. The SMILES string of the molecule is CC1CC[C@H]2C[C@@H]1C[C@@H](NC(=O)c1cccc3c(O)csc13)[C@H]2C/C=C/CCCC(=O)O. The fraction of sp³-hybridized carbons (Fsp3) is 0.538. The van der Waals surface area contributed by atoms with Crippen LogP contribution >= 0.6 is 11.3 Å². The summed E-state index contributed by atoms with van der Waals surface area (Å²) >= 11 is 1.41. The molecule has 1 aromatic carbocycles. The highest BCUT2D eigenvalue weighted by atomic mass is 32.1. The van der Waals surface area contributed by atoms with Crippen LogP contribution in [0.5, 0.6) is 5.75 Å². The van der Waals surface area contributed by atoms with E-state index in [1.54, 1.807) is 5.38 Å². The van der Waals surface area contributed by atoms with E-state index in [2.05, 4.69) is 24.4 Å². The number of benzene rings is 1. The van der Waals surface area contributed by atoms with Crippen molar-refractivity contribution < 1.29 is 19.8 Å². The van der Waals surface area contributed by atoms with Gasteiger partial charge >= 0.3 is 5.97 Å². The Bertz CT molecular complexity index is 997. The fourth-order valence-electron chi connectivity index (χ4n) is 5.73. The highest BCUT2D eigenvalue weighted by Gasteiger charge is 2.42. The number of aliphatic carboxylic acids is 1. The maximum atomic E-state index is 13.3.